The van der Waals surface area contributed by atoms with Gasteiger partial charge in [0.05, 0.1) is 0 Å². The lowest BCUT2D eigenvalue weighted by atomic mass is 9.98. The van der Waals surface area contributed by atoms with Crippen LogP contribution in [-0.2, 0) is 0 Å². The van der Waals surface area contributed by atoms with E-state index in [4.69, 9.17) is 0 Å². The Labute approximate surface area is 93.1 Å². The molecule has 1 fully saturated rings. The normalized spacial score (nSPS) is 23.0. The topological polar surface area (TPSA) is 12.0 Å². The van der Waals surface area contributed by atoms with E-state index in [9.17, 15) is 0 Å². The summed E-state index contributed by atoms with van der Waals surface area (Å²) in [4.78, 5) is 0. The van der Waals surface area contributed by atoms with Crippen LogP contribution in [0.5, 0.6) is 0 Å². The van der Waals surface area contributed by atoms with E-state index >= 15 is 0 Å². The predicted octanol–water partition coefficient (Wildman–Crippen LogP) is 3.11. The number of halogens is 1. The molecule has 2 heteroatoms. The van der Waals surface area contributed by atoms with E-state index in [2.05, 4.69) is 52.2 Å². The fraction of sp³-hybridized carbons (Fsp3) is 0.455. The molecule has 13 heavy (non-hydrogen) atoms. The maximum Gasteiger partial charge on any atom is 0.0320 e. The number of rotatable bonds is 1. The first kappa shape index (κ1) is 9.46. The summed E-state index contributed by atoms with van der Waals surface area (Å²) in [6, 6.07) is 9.46. The van der Waals surface area contributed by atoms with Crippen LogP contribution in [0.3, 0.4) is 0 Å². The molecule has 1 atom stereocenters. The third-order valence-corrected chi connectivity index (χ3v) is 3.30. The molecule has 1 N–H and O–H groups in total. The molecule has 1 aromatic rings. The average Bonchev–Trinajstić information content (AvgIpc) is 2.20. The molecule has 0 unspecified atom stereocenters. The van der Waals surface area contributed by atoms with Gasteiger partial charge in [0, 0.05) is 9.61 Å². The van der Waals surface area contributed by atoms with Gasteiger partial charge in [-0.1, -0.05) is 18.6 Å². The predicted molar refractivity (Wildman–Crippen MR) is 63.8 cm³/mol. The van der Waals surface area contributed by atoms with Gasteiger partial charge in [0.1, 0.15) is 0 Å². The van der Waals surface area contributed by atoms with Crippen LogP contribution in [0.2, 0.25) is 0 Å². The van der Waals surface area contributed by atoms with Crippen molar-refractivity contribution in [3.8, 4) is 0 Å². The molecule has 0 radical (unpaired) electrons. The minimum atomic E-state index is 0.603. The Hall–Kier alpha value is -0.0900. The quantitative estimate of drug-likeness (QED) is 0.783. The second-order valence-electron chi connectivity index (χ2n) is 3.55. The second-order valence-corrected chi connectivity index (χ2v) is 4.80. The third kappa shape index (κ3) is 2.44. The van der Waals surface area contributed by atoms with Gasteiger partial charge in [-0.15, -0.1) is 0 Å². The first-order chi connectivity index (χ1) is 6.36. The summed E-state index contributed by atoms with van der Waals surface area (Å²) in [6.45, 7) is 1.18. The Balaban J connectivity index is 2.10. The van der Waals surface area contributed by atoms with Crippen molar-refractivity contribution in [2.24, 2.45) is 0 Å². The van der Waals surface area contributed by atoms with Crippen LogP contribution in [0.15, 0.2) is 24.3 Å². The minimum Gasteiger partial charge on any atom is -0.310 e. The highest BCUT2D eigenvalue weighted by molar-refractivity contribution is 14.1. The summed E-state index contributed by atoms with van der Waals surface area (Å²) in [5.74, 6) is 0. The largest absolute Gasteiger partial charge is 0.310 e. The zero-order valence-corrected chi connectivity index (χ0v) is 9.75. The van der Waals surface area contributed by atoms with Crippen LogP contribution < -0.4 is 5.32 Å². The lowest BCUT2D eigenvalue weighted by Gasteiger charge is -2.23. The molecular formula is C11H14IN. The summed E-state index contributed by atoms with van der Waals surface area (Å²) in [5, 5.41) is 3.55. The van der Waals surface area contributed by atoms with E-state index in [1.165, 1.54) is 34.9 Å². The molecule has 70 valence electrons. The summed E-state index contributed by atoms with van der Waals surface area (Å²) in [5.41, 5.74) is 1.44. The maximum absolute atomic E-state index is 3.55. The Bertz CT molecular complexity index is 262. The molecule has 2 rings (SSSR count). The molecule has 1 heterocycles. The fourth-order valence-corrected chi connectivity index (χ4v) is 2.19. The highest BCUT2D eigenvalue weighted by atomic mass is 127. The van der Waals surface area contributed by atoms with Gasteiger partial charge in [-0.05, 0) is 59.7 Å². The van der Waals surface area contributed by atoms with Gasteiger partial charge in [-0.3, -0.25) is 0 Å². The smallest absolute Gasteiger partial charge is 0.0320 e. The van der Waals surface area contributed by atoms with Crippen molar-refractivity contribution in [2.75, 3.05) is 6.54 Å². The standard InChI is InChI=1S/C11H14IN/c12-10-6-4-9(5-7-10)11-3-1-2-8-13-11/h4-7,11,13H,1-3,8H2/t11-/m1/s1. The van der Waals surface area contributed by atoms with Crippen molar-refractivity contribution in [1.29, 1.82) is 0 Å². The molecular weight excluding hydrogens is 273 g/mol. The van der Waals surface area contributed by atoms with E-state index in [1.54, 1.807) is 0 Å². The van der Waals surface area contributed by atoms with Crippen LogP contribution in [0.1, 0.15) is 30.9 Å². The fourth-order valence-electron chi connectivity index (χ4n) is 1.83. The molecule has 1 saturated heterocycles. The molecule has 1 aliphatic heterocycles. The van der Waals surface area contributed by atoms with Gasteiger partial charge in [-0.25, -0.2) is 0 Å². The molecule has 0 spiro atoms. The van der Waals surface area contributed by atoms with Crippen molar-refractivity contribution in [1.82, 2.24) is 5.32 Å². The van der Waals surface area contributed by atoms with Gasteiger partial charge in [0.15, 0.2) is 0 Å². The first-order valence-corrected chi connectivity index (χ1v) is 5.93. The van der Waals surface area contributed by atoms with Crippen molar-refractivity contribution >= 4 is 22.6 Å². The number of piperidine rings is 1. The summed E-state index contributed by atoms with van der Waals surface area (Å²) in [7, 11) is 0. The molecule has 0 saturated carbocycles. The van der Waals surface area contributed by atoms with E-state index in [0.29, 0.717) is 6.04 Å². The number of hydrogen-bond donors (Lipinski definition) is 1. The number of hydrogen-bond acceptors (Lipinski definition) is 1. The first-order valence-electron chi connectivity index (χ1n) is 4.85. The molecule has 1 nitrogen and oxygen atoms in total. The lowest BCUT2D eigenvalue weighted by Crippen LogP contribution is -2.26. The molecule has 0 aliphatic carbocycles. The van der Waals surface area contributed by atoms with Crippen molar-refractivity contribution in [3.05, 3.63) is 33.4 Å². The monoisotopic (exact) mass is 287 g/mol. The summed E-state index contributed by atoms with van der Waals surface area (Å²) < 4.78 is 1.32. The minimum absolute atomic E-state index is 0.603. The van der Waals surface area contributed by atoms with Crippen molar-refractivity contribution < 1.29 is 0 Å². The summed E-state index contributed by atoms with van der Waals surface area (Å²) in [6.07, 6.45) is 3.99. The van der Waals surface area contributed by atoms with E-state index in [1.807, 2.05) is 0 Å². The van der Waals surface area contributed by atoms with Gasteiger partial charge >= 0.3 is 0 Å². The van der Waals surface area contributed by atoms with E-state index in [-0.39, 0.29) is 0 Å². The number of nitrogens with one attached hydrogen (secondary N) is 1. The SMILES string of the molecule is Ic1ccc([C@H]2CCCCN2)cc1. The highest BCUT2D eigenvalue weighted by Gasteiger charge is 2.13. The Morgan fingerprint density at radius 3 is 2.54 bits per heavy atom. The van der Waals surface area contributed by atoms with Gasteiger partial charge in [-0.2, -0.15) is 0 Å². The maximum atomic E-state index is 3.55. The van der Waals surface area contributed by atoms with Crippen LogP contribution >= 0.6 is 22.6 Å². The second kappa shape index (κ2) is 4.42. The van der Waals surface area contributed by atoms with Crippen molar-refractivity contribution in [2.45, 2.75) is 25.3 Å². The molecule has 1 aromatic carbocycles. The molecule has 0 amide bonds. The molecule has 0 aromatic heterocycles. The molecule has 0 bridgehead atoms. The van der Waals surface area contributed by atoms with Crippen LogP contribution in [-0.4, -0.2) is 6.54 Å². The van der Waals surface area contributed by atoms with Gasteiger partial charge in [0.2, 0.25) is 0 Å². The van der Waals surface area contributed by atoms with Gasteiger partial charge in [0.25, 0.3) is 0 Å². The molecule has 1 aliphatic rings. The van der Waals surface area contributed by atoms with Crippen molar-refractivity contribution in [3.63, 3.8) is 0 Å². The Morgan fingerprint density at radius 1 is 1.15 bits per heavy atom. The lowest BCUT2D eigenvalue weighted by molar-refractivity contribution is 0.412. The van der Waals surface area contributed by atoms with Crippen LogP contribution in [0, 0.1) is 3.57 Å². The average molecular weight is 287 g/mol. The summed E-state index contributed by atoms with van der Waals surface area (Å²) >= 11 is 2.35. The van der Waals surface area contributed by atoms with E-state index < -0.39 is 0 Å². The highest BCUT2D eigenvalue weighted by Crippen LogP contribution is 2.23. The zero-order valence-electron chi connectivity index (χ0n) is 7.59. The van der Waals surface area contributed by atoms with Crippen LogP contribution in [0.25, 0.3) is 0 Å². The number of benzene rings is 1. The Kier molecular flexibility index (Phi) is 3.22. The van der Waals surface area contributed by atoms with E-state index in [0.717, 1.165) is 0 Å². The Morgan fingerprint density at radius 2 is 1.92 bits per heavy atom. The van der Waals surface area contributed by atoms with Gasteiger partial charge < -0.3 is 5.32 Å². The van der Waals surface area contributed by atoms with Crippen LogP contribution in [0.4, 0.5) is 0 Å². The zero-order chi connectivity index (χ0) is 9.10. The third-order valence-electron chi connectivity index (χ3n) is 2.58.